The van der Waals surface area contributed by atoms with Crippen LogP contribution in [0.2, 0.25) is 0 Å². The summed E-state index contributed by atoms with van der Waals surface area (Å²) in [5, 5.41) is 4.12. The maximum absolute atomic E-state index is 13.8. The van der Waals surface area contributed by atoms with Crippen molar-refractivity contribution in [2.75, 3.05) is 11.9 Å². The van der Waals surface area contributed by atoms with Crippen LogP contribution in [0.15, 0.2) is 35.0 Å². The Morgan fingerprint density at radius 2 is 2.00 bits per heavy atom. The molecule has 0 bridgehead atoms. The molecule has 30 heavy (non-hydrogen) atoms. The van der Waals surface area contributed by atoms with E-state index < -0.39 is 0 Å². The van der Waals surface area contributed by atoms with Gasteiger partial charge in [-0.25, -0.2) is 14.4 Å². The lowest BCUT2D eigenvalue weighted by molar-refractivity contribution is 0.0611. The van der Waals surface area contributed by atoms with Gasteiger partial charge in [0.1, 0.15) is 23.7 Å². The number of amides is 1. The van der Waals surface area contributed by atoms with Crippen molar-refractivity contribution in [1.29, 1.82) is 0 Å². The summed E-state index contributed by atoms with van der Waals surface area (Å²) in [5.41, 5.74) is 1.91. The van der Waals surface area contributed by atoms with E-state index in [1.165, 1.54) is 18.5 Å². The minimum atomic E-state index is -0.273. The molecular formula is C23H25FN4O2. The number of nitrogens with zero attached hydrogens (tertiary/aromatic N) is 3. The Morgan fingerprint density at radius 3 is 2.73 bits per heavy atom. The first-order chi connectivity index (χ1) is 14.5. The number of aryl methyl sites for hydroxylation is 1. The van der Waals surface area contributed by atoms with E-state index in [4.69, 9.17) is 4.42 Å². The average Bonchev–Trinajstić information content (AvgIpc) is 3.36. The lowest BCUT2D eigenvalue weighted by Crippen LogP contribution is -2.38. The van der Waals surface area contributed by atoms with Crippen LogP contribution in [0.25, 0.3) is 11.1 Å². The monoisotopic (exact) mass is 408 g/mol. The Labute approximate surface area is 174 Å². The van der Waals surface area contributed by atoms with Crippen molar-refractivity contribution in [3.8, 4) is 0 Å². The molecular weight excluding hydrogens is 383 g/mol. The van der Waals surface area contributed by atoms with Gasteiger partial charge in [-0.05, 0) is 63.6 Å². The Morgan fingerprint density at radius 1 is 1.23 bits per heavy atom. The van der Waals surface area contributed by atoms with E-state index in [9.17, 15) is 9.18 Å². The van der Waals surface area contributed by atoms with Gasteiger partial charge in [0.25, 0.3) is 5.91 Å². The summed E-state index contributed by atoms with van der Waals surface area (Å²) >= 11 is 0. The highest BCUT2D eigenvalue weighted by molar-refractivity contribution is 6.10. The minimum absolute atomic E-state index is 0.00848. The molecule has 1 aromatic carbocycles. The van der Waals surface area contributed by atoms with Crippen LogP contribution < -0.4 is 5.32 Å². The maximum Gasteiger partial charge on any atom is 0.258 e. The highest BCUT2D eigenvalue weighted by Crippen LogP contribution is 2.41. The molecule has 7 heteroatoms. The normalized spacial score (nSPS) is 20.4. The number of aromatic nitrogens is 2. The SMILES string of the molecule is Cc1oc2ncnc(NC3(C)CC3)c2c1C(=O)N1CCCCC1c1ccc(F)cc1. The summed E-state index contributed by atoms with van der Waals surface area (Å²) in [6.07, 6.45) is 6.43. The van der Waals surface area contributed by atoms with Crippen molar-refractivity contribution >= 4 is 22.8 Å². The van der Waals surface area contributed by atoms with Crippen LogP contribution >= 0.6 is 0 Å². The molecule has 2 fully saturated rings. The van der Waals surface area contributed by atoms with Crippen molar-refractivity contribution in [3.05, 3.63) is 53.3 Å². The van der Waals surface area contributed by atoms with Crippen molar-refractivity contribution in [2.45, 2.75) is 57.5 Å². The maximum atomic E-state index is 13.8. The van der Waals surface area contributed by atoms with Crippen LogP contribution in [0.4, 0.5) is 10.2 Å². The van der Waals surface area contributed by atoms with Crippen molar-refractivity contribution in [1.82, 2.24) is 14.9 Å². The zero-order chi connectivity index (χ0) is 20.9. The average molecular weight is 408 g/mol. The number of halogens is 1. The van der Waals surface area contributed by atoms with Gasteiger partial charge in [-0.15, -0.1) is 0 Å². The number of hydrogen-bond acceptors (Lipinski definition) is 5. The predicted molar refractivity (Wildman–Crippen MR) is 112 cm³/mol. The molecule has 0 spiro atoms. The Bertz CT molecular complexity index is 1100. The second-order valence-corrected chi connectivity index (χ2v) is 8.68. The van der Waals surface area contributed by atoms with Gasteiger partial charge in [0.2, 0.25) is 5.71 Å². The second-order valence-electron chi connectivity index (χ2n) is 8.68. The number of nitrogens with one attached hydrogen (secondary N) is 1. The molecule has 1 atom stereocenters. The summed E-state index contributed by atoms with van der Waals surface area (Å²) in [4.78, 5) is 24.4. The zero-order valence-electron chi connectivity index (χ0n) is 17.2. The minimum Gasteiger partial charge on any atom is -0.442 e. The number of likely N-dealkylation sites (tertiary alicyclic amines) is 1. The third-order valence-electron chi connectivity index (χ3n) is 6.32. The number of rotatable bonds is 4. The molecule has 1 saturated carbocycles. The fraction of sp³-hybridized carbons (Fsp3) is 0.435. The van der Waals surface area contributed by atoms with Gasteiger partial charge in [0.05, 0.1) is 17.0 Å². The number of benzene rings is 1. The number of fused-ring (bicyclic) bond motifs is 1. The zero-order valence-corrected chi connectivity index (χ0v) is 17.2. The molecule has 156 valence electrons. The number of furan rings is 1. The lowest BCUT2D eigenvalue weighted by Gasteiger charge is -2.36. The Hall–Kier alpha value is -2.96. The van der Waals surface area contributed by atoms with E-state index in [0.29, 0.717) is 34.8 Å². The fourth-order valence-corrected chi connectivity index (χ4v) is 4.34. The van der Waals surface area contributed by atoms with E-state index in [0.717, 1.165) is 37.7 Å². The van der Waals surface area contributed by atoms with Crippen LogP contribution in [0.1, 0.15) is 66.8 Å². The molecule has 0 radical (unpaired) electrons. The molecule has 5 rings (SSSR count). The topological polar surface area (TPSA) is 71.3 Å². The molecule has 1 saturated heterocycles. The van der Waals surface area contributed by atoms with Gasteiger partial charge in [-0.2, -0.15) is 0 Å². The van der Waals surface area contributed by atoms with E-state index in [2.05, 4.69) is 22.2 Å². The molecule has 1 unspecified atom stereocenters. The summed E-state index contributed by atoms with van der Waals surface area (Å²) in [5.74, 6) is 0.836. The van der Waals surface area contributed by atoms with Gasteiger partial charge in [-0.3, -0.25) is 4.79 Å². The molecule has 3 heterocycles. The second kappa shape index (κ2) is 7.07. The number of piperidine rings is 1. The smallest absolute Gasteiger partial charge is 0.258 e. The number of hydrogen-bond donors (Lipinski definition) is 1. The standard InChI is InChI=1S/C23H25FN4O2/c1-14-18(19-20(27-23(2)10-11-23)25-13-26-21(19)30-14)22(29)28-12-4-3-5-17(28)15-6-8-16(24)9-7-15/h6-9,13,17H,3-5,10-12H2,1-2H3,(H,25,26,27). The largest absolute Gasteiger partial charge is 0.442 e. The van der Waals surface area contributed by atoms with Gasteiger partial charge in [-0.1, -0.05) is 12.1 Å². The molecule has 3 aromatic rings. The number of carbonyl (C=O) groups is 1. The summed E-state index contributed by atoms with van der Waals surface area (Å²) in [6, 6.07) is 6.37. The molecule has 1 aliphatic heterocycles. The number of carbonyl (C=O) groups excluding carboxylic acids is 1. The van der Waals surface area contributed by atoms with Gasteiger partial charge in [0, 0.05) is 12.1 Å². The first-order valence-corrected chi connectivity index (χ1v) is 10.5. The van der Waals surface area contributed by atoms with Crippen molar-refractivity contribution < 1.29 is 13.6 Å². The van der Waals surface area contributed by atoms with Crippen LogP contribution in [-0.2, 0) is 0 Å². The van der Waals surface area contributed by atoms with Gasteiger partial charge < -0.3 is 14.6 Å². The molecule has 1 amide bonds. The van der Waals surface area contributed by atoms with E-state index in [1.54, 1.807) is 19.1 Å². The van der Waals surface area contributed by atoms with E-state index in [1.807, 2.05) is 4.90 Å². The molecule has 1 aliphatic carbocycles. The first-order valence-electron chi connectivity index (χ1n) is 10.5. The molecule has 1 N–H and O–H groups in total. The Balaban J connectivity index is 1.56. The van der Waals surface area contributed by atoms with Crippen LogP contribution in [0.5, 0.6) is 0 Å². The molecule has 2 aliphatic rings. The fourth-order valence-electron chi connectivity index (χ4n) is 4.34. The van der Waals surface area contributed by atoms with Crippen molar-refractivity contribution in [2.24, 2.45) is 0 Å². The Kier molecular flexibility index (Phi) is 4.49. The highest BCUT2D eigenvalue weighted by atomic mass is 19.1. The predicted octanol–water partition coefficient (Wildman–Crippen LogP) is 5.00. The van der Waals surface area contributed by atoms with Gasteiger partial charge in [0.15, 0.2) is 0 Å². The van der Waals surface area contributed by atoms with Crippen molar-refractivity contribution in [3.63, 3.8) is 0 Å². The van der Waals surface area contributed by atoms with Crippen LogP contribution in [0.3, 0.4) is 0 Å². The van der Waals surface area contributed by atoms with Crippen LogP contribution in [0, 0.1) is 12.7 Å². The molecule has 2 aromatic heterocycles. The summed E-state index contributed by atoms with van der Waals surface area (Å²) in [7, 11) is 0. The molecule has 6 nitrogen and oxygen atoms in total. The van der Waals surface area contributed by atoms with Crippen LogP contribution in [-0.4, -0.2) is 32.9 Å². The quantitative estimate of drug-likeness (QED) is 0.658. The summed E-state index contributed by atoms with van der Waals surface area (Å²) < 4.78 is 19.3. The number of anilines is 1. The third kappa shape index (κ3) is 3.32. The first kappa shape index (κ1) is 19.0. The van der Waals surface area contributed by atoms with E-state index >= 15 is 0 Å². The lowest BCUT2D eigenvalue weighted by atomic mass is 9.94. The third-order valence-corrected chi connectivity index (χ3v) is 6.32. The summed E-state index contributed by atoms with van der Waals surface area (Å²) in [6.45, 7) is 4.60. The van der Waals surface area contributed by atoms with E-state index in [-0.39, 0.29) is 23.3 Å². The highest BCUT2D eigenvalue weighted by Gasteiger charge is 2.39. The van der Waals surface area contributed by atoms with Gasteiger partial charge >= 0.3 is 0 Å².